The van der Waals surface area contributed by atoms with Crippen LogP contribution in [0.3, 0.4) is 0 Å². The van der Waals surface area contributed by atoms with Crippen LogP contribution in [-0.2, 0) is 0 Å². The van der Waals surface area contributed by atoms with E-state index >= 15 is 0 Å². The van der Waals surface area contributed by atoms with Crippen molar-refractivity contribution in [3.8, 4) is 11.1 Å². The van der Waals surface area contributed by atoms with Gasteiger partial charge < -0.3 is 0 Å². The second-order valence-corrected chi connectivity index (χ2v) is 4.17. The summed E-state index contributed by atoms with van der Waals surface area (Å²) in [7, 11) is 0. The highest BCUT2D eigenvalue weighted by atomic mass is 19.1. The summed E-state index contributed by atoms with van der Waals surface area (Å²) < 4.78 is 13.1. The predicted molar refractivity (Wildman–Crippen MR) is 66.7 cm³/mol. The summed E-state index contributed by atoms with van der Waals surface area (Å²) >= 11 is 0. The number of benzene rings is 2. The first kappa shape index (κ1) is 11.5. The lowest BCUT2D eigenvalue weighted by atomic mass is 9.95. The molecule has 0 fully saturated rings. The highest BCUT2D eigenvalue weighted by Crippen LogP contribution is 2.27. The van der Waals surface area contributed by atoms with E-state index in [1.807, 2.05) is 32.0 Å². The second kappa shape index (κ2) is 4.50. The molecule has 17 heavy (non-hydrogen) atoms. The summed E-state index contributed by atoms with van der Waals surface area (Å²) in [5, 5.41) is 0. The minimum Gasteiger partial charge on any atom is -0.298 e. The Kier molecular flexibility index (Phi) is 3.05. The molecule has 2 rings (SSSR count). The van der Waals surface area contributed by atoms with Gasteiger partial charge in [0.05, 0.1) is 0 Å². The molecule has 0 aliphatic rings. The van der Waals surface area contributed by atoms with Gasteiger partial charge in [-0.2, -0.15) is 0 Å². The normalized spacial score (nSPS) is 10.3. The van der Waals surface area contributed by atoms with Crippen LogP contribution in [0.5, 0.6) is 0 Å². The topological polar surface area (TPSA) is 17.1 Å². The summed E-state index contributed by atoms with van der Waals surface area (Å²) in [6.45, 7) is 4.00. The van der Waals surface area contributed by atoms with Gasteiger partial charge >= 0.3 is 0 Å². The van der Waals surface area contributed by atoms with Gasteiger partial charge in [-0.05, 0) is 42.7 Å². The van der Waals surface area contributed by atoms with Crippen LogP contribution in [0.25, 0.3) is 11.1 Å². The quantitative estimate of drug-likeness (QED) is 0.712. The minimum absolute atomic E-state index is 0.386. The molecule has 0 N–H and O–H groups in total. The van der Waals surface area contributed by atoms with E-state index < -0.39 is 0 Å². The first-order valence-corrected chi connectivity index (χ1v) is 5.44. The number of halogens is 1. The Morgan fingerprint density at radius 3 is 2.35 bits per heavy atom. The first-order valence-electron chi connectivity index (χ1n) is 5.44. The molecule has 1 nitrogen and oxygen atoms in total. The van der Waals surface area contributed by atoms with Crippen molar-refractivity contribution >= 4 is 6.29 Å². The van der Waals surface area contributed by atoms with Gasteiger partial charge in [0.1, 0.15) is 5.82 Å². The molecule has 0 heterocycles. The number of aldehydes is 1. The van der Waals surface area contributed by atoms with E-state index in [9.17, 15) is 9.18 Å². The Morgan fingerprint density at radius 1 is 1.00 bits per heavy atom. The summed E-state index contributed by atoms with van der Waals surface area (Å²) in [6.07, 6.45) is 0.692. The Hall–Kier alpha value is -1.96. The van der Waals surface area contributed by atoms with Crippen molar-refractivity contribution in [3.63, 3.8) is 0 Å². The van der Waals surface area contributed by atoms with Crippen molar-refractivity contribution < 1.29 is 9.18 Å². The number of hydrogen-bond donors (Lipinski definition) is 0. The summed E-state index contributed by atoms with van der Waals surface area (Å²) in [5.74, 6) is -0.388. The second-order valence-electron chi connectivity index (χ2n) is 4.17. The number of carbonyl (C=O) groups excluding carboxylic acids is 1. The van der Waals surface area contributed by atoms with Crippen LogP contribution in [0.2, 0.25) is 0 Å². The van der Waals surface area contributed by atoms with Crippen LogP contribution < -0.4 is 0 Å². The molecular weight excluding hydrogens is 215 g/mol. The van der Waals surface area contributed by atoms with Crippen LogP contribution in [0, 0.1) is 19.7 Å². The number of hydrogen-bond acceptors (Lipinski definition) is 1. The van der Waals surface area contributed by atoms with E-state index in [2.05, 4.69) is 0 Å². The highest BCUT2D eigenvalue weighted by molar-refractivity contribution is 5.88. The van der Waals surface area contributed by atoms with E-state index in [0.717, 1.165) is 16.7 Å². The maximum Gasteiger partial charge on any atom is 0.150 e. The van der Waals surface area contributed by atoms with Crippen molar-refractivity contribution in [1.29, 1.82) is 0 Å². The van der Waals surface area contributed by atoms with Crippen molar-refractivity contribution in [2.45, 2.75) is 13.8 Å². The molecule has 0 radical (unpaired) electrons. The molecule has 0 saturated heterocycles. The lowest BCUT2D eigenvalue weighted by Crippen LogP contribution is -1.92. The van der Waals surface area contributed by atoms with Crippen molar-refractivity contribution in [2.24, 2.45) is 0 Å². The van der Waals surface area contributed by atoms with Gasteiger partial charge in [0, 0.05) is 5.56 Å². The molecule has 0 aromatic heterocycles. The fourth-order valence-electron chi connectivity index (χ4n) is 1.99. The van der Waals surface area contributed by atoms with Gasteiger partial charge in [0.25, 0.3) is 0 Å². The number of aryl methyl sites for hydroxylation is 2. The SMILES string of the molecule is Cc1ccc(-c2ccc(F)cc2C=O)c(C)c1. The minimum atomic E-state index is -0.388. The molecular formula is C15H13FO. The Labute approximate surface area is 99.9 Å². The predicted octanol–water partition coefficient (Wildman–Crippen LogP) is 3.92. The lowest BCUT2D eigenvalue weighted by molar-refractivity contribution is 0.112. The first-order chi connectivity index (χ1) is 8.11. The van der Waals surface area contributed by atoms with E-state index in [1.54, 1.807) is 6.07 Å². The average molecular weight is 228 g/mol. The van der Waals surface area contributed by atoms with Gasteiger partial charge in [0.15, 0.2) is 6.29 Å². The highest BCUT2D eigenvalue weighted by Gasteiger charge is 2.08. The molecule has 86 valence electrons. The van der Waals surface area contributed by atoms with Crippen molar-refractivity contribution in [2.75, 3.05) is 0 Å². The molecule has 2 heteroatoms. The zero-order valence-corrected chi connectivity index (χ0v) is 9.83. The third-order valence-corrected chi connectivity index (χ3v) is 2.81. The standard InChI is InChI=1S/C15H13FO/c1-10-3-5-14(11(2)7-10)15-6-4-13(16)8-12(15)9-17/h3-9H,1-2H3. The molecule has 0 spiro atoms. The Bertz CT molecular complexity index is 573. The molecule has 0 saturated carbocycles. The van der Waals surface area contributed by atoms with Gasteiger partial charge in [-0.25, -0.2) is 4.39 Å². The average Bonchev–Trinajstić information content (AvgIpc) is 2.30. The van der Waals surface area contributed by atoms with Crippen LogP contribution in [0.4, 0.5) is 4.39 Å². The summed E-state index contributed by atoms with van der Waals surface area (Å²) in [5.41, 5.74) is 4.38. The maximum atomic E-state index is 13.1. The smallest absolute Gasteiger partial charge is 0.150 e. The maximum absolute atomic E-state index is 13.1. The van der Waals surface area contributed by atoms with Crippen LogP contribution in [0.1, 0.15) is 21.5 Å². The molecule has 0 amide bonds. The molecule has 2 aromatic rings. The van der Waals surface area contributed by atoms with Gasteiger partial charge in [0.2, 0.25) is 0 Å². The zero-order chi connectivity index (χ0) is 12.4. The molecule has 0 aliphatic heterocycles. The van der Waals surface area contributed by atoms with Crippen LogP contribution in [0.15, 0.2) is 36.4 Å². The molecule has 0 aliphatic carbocycles. The van der Waals surface area contributed by atoms with Crippen LogP contribution in [-0.4, -0.2) is 6.29 Å². The van der Waals surface area contributed by atoms with Crippen LogP contribution >= 0.6 is 0 Å². The number of rotatable bonds is 2. The zero-order valence-electron chi connectivity index (χ0n) is 9.83. The van der Waals surface area contributed by atoms with E-state index in [-0.39, 0.29) is 5.82 Å². The van der Waals surface area contributed by atoms with E-state index in [0.29, 0.717) is 11.8 Å². The number of carbonyl (C=O) groups is 1. The molecule has 0 bridgehead atoms. The van der Waals surface area contributed by atoms with Gasteiger partial charge in [-0.15, -0.1) is 0 Å². The molecule has 2 aromatic carbocycles. The lowest BCUT2D eigenvalue weighted by Gasteiger charge is -2.09. The third-order valence-electron chi connectivity index (χ3n) is 2.81. The Morgan fingerprint density at radius 2 is 1.71 bits per heavy atom. The van der Waals surface area contributed by atoms with Crippen molar-refractivity contribution in [3.05, 3.63) is 58.9 Å². The fourth-order valence-corrected chi connectivity index (χ4v) is 1.99. The fraction of sp³-hybridized carbons (Fsp3) is 0.133. The van der Waals surface area contributed by atoms with Gasteiger partial charge in [-0.3, -0.25) is 4.79 Å². The third kappa shape index (κ3) is 2.26. The molecule has 0 atom stereocenters. The summed E-state index contributed by atoms with van der Waals surface area (Å²) in [6, 6.07) is 10.3. The van der Waals surface area contributed by atoms with Crippen molar-refractivity contribution in [1.82, 2.24) is 0 Å². The van der Waals surface area contributed by atoms with E-state index in [4.69, 9.17) is 0 Å². The van der Waals surface area contributed by atoms with Gasteiger partial charge in [-0.1, -0.05) is 29.8 Å². The largest absolute Gasteiger partial charge is 0.298 e. The monoisotopic (exact) mass is 228 g/mol. The Balaban J connectivity index is 2.63. The molecule has 0 unspecified atom stereocenters. The van der Waals surface area contributed by atoms with E-state index in [1.165, 1.54) is 17.7 Å². The summed E-state index contributed by atoms with van der Waals surface area (Å²) in [4.78, 5) is 11.0.